The molecule has 0 spiro atoms. The Morgan fingerprint density at radius 3 is 2.65 bits per heavy atom. The zero-order chi connectivity index (χ0) is 16.6. The van der Waals surface area contributed by atoms with Crippen LogP contribution in [0.2, 0.25) is 0 Å². The standard InChI is InChI=1S/C16H20N4O3/c1-9(10-7-17-8-10)13(21)18-12-5-3-4-11(6-12)16(2)14(22)19-15(23)20-16/h3-6,9-10,17H,7-8H2,1-2H3,(H,18,21)(H2,19,20,22,23). The molecule has 7 heteroatoms. The van der Waals surface area contributed by atoms with Crippen molar-refractivity contribution in [2.24, 2.45) is 11.8 Å². The molecule has 2 aliphatic rings. The maximum Gasteiger partial charge on any atom is 0.322 e. The molecule has 2 unspecified atom stereocenters. The van der Waals surface area contributed by atoms with Crippen LogP contribution in [-0.2, 0) is 15.1 Å². The third-order valence-electron chi connectivity index (χ3n) is 4.69. The lowest BCUT2D eigenvalue weighted by Gasteiger charge is -2.31. The van der Waals surface area contributed by atoms with Crippen LogP contribution in [0.3, 0.4) is 0 Å². The van der Waals surface area contributed by atoms with Gasteiger partial charge in [-0.3, -0.25) is 14.9 Å². The minimum atomic E-state index is -1.12. The Hall–Kier alpha value is -2.41. The number of rotatable bonds is 4. The average molecular weight is 316 g/mol. The largest absolute Gasteiger partial charge is 0.326 e. The van der Waals surface area contributed by atoms with Crippen molar-refractivity contribution in [3.8, 4) is 0 Å². The summed E-state index contributed by atoms with van der Waals surface area (Å²) in [4.78, 5) is 35.7. The number of benzene rings is 1. The van der Waals surface area contributed by atoms with E-state index in [9.17, 15) is 14.4 Å². The van der Waals surface area contributed by atoms with Crippen molar-refractivity contribution in [2.75, 3.05) is 18.4 Å². The lowest BCUT2D eigenvalue weighted by atomic mass is 9.88. The fraction of sp³-hybridized carbons (Fsp3) is 0.438. The maximum atomic E-state index is 12.3. The molecule has 2 atom stereocenters. The van der Waals surface area contributed by atoms with E-state index in [1.54, 1.807) is 31.2 Å². The number of anilines is 1. The van der Waals surface area contributed by atoms with Gasteiger partial charge in [-0.15, -0.1) is 0 Å². The fourth-order valence-electron chi connectivity index (χ4n) is 2.79. The number of imide groups is 1. The van der Waals surface area contributed by atoms with Gasteiger partial charge in [0, 0.05) is 11.6 Å². The highest BCUT2D eigenvalue weighted by Gasteiger charge is 2.43. The molecule has 0 aliphatic carbocycles. The molecule has 23 heavy (non-hydrogen) atoms. The highest BCUT2D eigenvalue weighted by molar-refractivity contribution is 6.07. The first-order valence-electron chi connectivity index (χ1n) is 7.66. The zero-order valence-corrected chi connectivity index (χ0v) is 13.1. The Morgan fingerprint density at radius 1 is 1.35 bits per heavy atom. The van der Waals surface area contributed by atoms with Crippen molar-refractivity contribution < 1.29 is 14.4 Å². The van der Waals surface area contributed by atoms with E-state index < -0.39 is 17.5 Å². The maximum absolute atomic E-state index is 12.3. The van der Waals surface area contributed by atoms with Crippen molar-refractivity contribution in [1.29, 1.82) is 0 Å². The van der Waals surface area contributed by atoms with Crippen LogP contribution in [0.25, 0.3) is 0 Å². The molecular weight excluding hydrogens is 296 g/mol. The van der Waals surface area contributed by atoms with Gasteiger partial charge in [0.05, 0.1) is 0 Å². The normalized spacial score (nSPS) is 25.3. The van der Waals surface area contributed by atoms with Gasteiger partial charge in [-0.2, -0.15) is 0 Å². The monoisotopic (exact) mass is 316 g/mol. The molecule has 1 aromatic carbocycles. The second-order valence-corrected chi connectivity index (χ2v) is 6.31. The van der Waals surface area contributed by atoms with Gasteiger partial charge in [-0.05, 0) is 43.6 Å². The van der Waals surface area contributed by atoms with Crippen molar-refractivity contribution in [1.82, 2.24) is 16.0 Å². The first kappa shape index (κ1) is 15.5. The lowest BCUT2D eigenvalue weighted by molar-refractivity contribution is -0.123. The van der Waals surface area contributed by atoms with Gasteiger partial charge in [-0.25, -0.2) is 4.79 Å². The van der Waals surface area contributed by atoms with Crippen molar-refractivity contribution >= 4 is 23.5 Å². The predicted octanol–water partition coefficient (Wildman–Crippen LogP) is 0.535. The Balaban J connectivity index is 1.76. The molecule has 122 valence electrons. The van der Waals surface area contributed by atoms with Crippen LogP contribution < -0.4 is 21.3 Å². The van der Waals surface area contributed by atoms with Crippen LogP contribution in [-0.4, -0.2) is 30.9 Å². The quantitative estimate of drug-likeness (QED) is 0.609. The zero-order valence-electron chi connectivity index (χ0n) is 13.1. The van der Waals surface area contributed by atoms with Crippen molar-refractivity contribution in [2.45, 2.75) is 19.4 Å². The highest BCUT2D eigenvalue weighted by Crippen LogP contribution is 2.27. The van der Waals surface area contributed by atoms with E-state index in [-0.39, 0.29) is 11.8 Å². The fourth-order valence-corrected chi connectivity index (χ4v) is 2.79. The van der Waals surface area contributed by atoms with Gasteiger partial charge >= 0.3 is 6.03 Å². The molecular formula is C16H20N4O3. The van der Waals surface area contributed by atoms with Crippen LogP contribution in [0.1, 0.15) is 19.4 Å². The summed E-state index contributed by atoms with van der Waals surface area (Å²) >= 11 is 0. The molecule has 7 nitrogen and oxygen atoms in total. The number of carbonyl (C=O) groups is 3. The predicted molar refractivity (Wildman–Crippen MR) is 84.6 cm³/mol. The van der Waals surface area contributed by atoms with E-state index in [0.29, 0.717) is 17.2 Å². The van der Waals surface area contributed by atoms with Crippen LogP contribution >= 0.6 is 0 Å². The van der Waals surface area contributed by atoms with E-state index in [4.69, 9.17) is 0 Å². The van der Waals surface area contributed by atoms with Gasteiger partial charge in [0.15, 0.2) is 0 Å². The van der Waals surface area contributed by atoms with Gasteiger partial charge < -0.3 is 16.0 Å². The van der Waals surface area contributed by atoms with E-state index >= 15 is 0 Å². The van der Waals surface area contributed by atoms with Crippen LogP contribution in [0, 0.1) is 11.8 Å². The van der Waals surface area contributed by atoms with Crippen LogP contribution in [0.5, 0.6) is 0 Å². The Bertz CT molecular complexity index is 671. The van der Waals surface area contributed by atoms with Crippen LogP contribution in [0.15, 0.2) is 24.3 Å². The van der Waals surface area contributed by atoms with E-state index in [0.717, 1.165) is 13.1 Å². The number of nitrogens with one attached hydrogen (secondary N) is 4. The van der Waals surface area contributed by atoms with Gasteiger partial charge in [0.2, 0.25) is 5.91 Å². The minimum Gasteiger partial charge on any atom is -0.326 e. The number of urea groups is 1. The van der Waals surface area contributed by atoms with Gasteiger partial charge in [0.25, 0.3) is 5.91 Å². The molecule has 2 heterocycles. The first-order chi connectivity index (χ1) is 10.9. The van der Waals surface area contributed by atoms with Gasteiger partial charge in [-0.1, -0.05) is 19.1 Å². The number of hydrogen-bond donors (Lipinski definition) is 4. The second-order valence-electron chi connectivity index (χ2n) is 6.31. The van der Waals surface area contributed by atoms with Crippen molar-refractivity contribution in [3.63, 3.8) is 0 Å². The lowest BCUT2D eigenvalue weighted by Crippen LogP contribution is -2.48. The van der Waals surface area contributed by atoms with Crippen LogP contribution in [0.4, 0.5) is 10.5 Å². The summed E-state index contributed by atoms with van der Waals surface area (Å²) < 4.78 is 0. The summed E-state index contributed by atoms with van der Waals surface area (Å²) in [5.74, 6) is -0.167. The Labute approximate surface area is 134 Å². The molecule has 0 aromatic heterocycles. The Morgan fingerprint density at radius 2 is 2.09 bits per heavy atom. The molecule has 3 rings (SSSR count). The smallest absolute Gasteiger partial charge is 0.322 e. The molecule has 1 aromatic rings. The summed E-state index contributed by atoms with van der Waals surface area (Å²) in [5, 5.41) is 10.9. The second kappa shape index (κ2) is 5.66. The minimum absolute atomic E-state index is 0.0429. The molecule has 2 aliphatic heterocycles. The summed E-state index contributed by atoms with van der Waals surface area (Å²) in [6.45, 7) is 5.27. The molecule has 4 N–H and O–H groups in total. The van der Waals surface area contributed by atoms with Gasteiger partial charge in [0.1, 0.15) is 5.54 Å². The number of carbonyl (C=O) groups excluding carboxylic acids is 3. The number of hydrogen-bond acceptors (Lipinski definition) is 4. The van der Waals surface area contributed by atoms with E-state index in [1.165, 1.54) is 0 Å². The average Bonchev–Trinajstić information content (AvgIpc) is 2.71. The molecule has 2 fully saturated rings. The topological polar surface area (TPSA) is 99.3 Å². The van der Waals surface area contributed by atoms with Crippen molar-refractivity contribution in [3.05, 3.63) is 29.8 Å². The summed E-state index contributed by atoms with van der Waals surface area (Å²) in [6.07, 6.45) is 0. The summed E-state index contributed by atoms with van der Waals surface area (Å²) in [5.41, 5.74) is 0.111. The highest BCUT2D eigenvalue weighted by atomic mass is 16.2. The number of amides is 4. The third-order valence-corrected chi connectivity index (χ3v) is 4.69. The van der Waals surface area contributed by atoms with E-state index in [2.05, 4.69) is 21.3 Å². The summed E-state index contributed by atoms with van der Waals surface area (Å²) in [7, 11) is 0. The SMILES string of the molecule is CC(C(=O)Nc1cccc(C2(C)NC(=O)NC2=O)c1)C1CNC1. The molecule has 2 saturated heterocycles. The molecule has 0 bridgehead atoms. The molecule has 0 saturated carbocycles. The summed E-state index contributed by atoms with van der Waals surface area (Å²) in [6, 6.07) is 6.47. The molecule has 4 amide bonds. The molecule has 0 radical (unpaired) electrons. The first-order valence-corrected chi connectivity index (χ1v) is 7.66. The third kappa shape index (κ3) is 2.79. The Kier molecular flexibility index (Phi) is 3.81. The van der Waals surface area contributed by atoms with E-state index in [1.807, 2.05) is 6.92 Å².